The molecule has 0 saturated heterocycles. The van der Waals surface area contributed by atoms with Crippen molar-refractivity contribution in [3.05, 3.63) is 125 Å². The molecule has 0 spiro atoms. The van der Waals surface area contributed by atoms with Crippen LogP contribution in [0.25, 0.3) is 0 Å². The number of sulfone groups is 1. The number of hydrogen-bond donors (Lipinski definition) is 0. The number of ether oxygens (including phenoxy) is 2. The van der Waals surface area contributed by atoms with E-state index in [2.05, 4.69) is 0 Å². The van der Waals surface area contributed by atoms with Crippen LogP contribution in [0, 0.1) is 40.5 Å². The molecule has 0 aliphatic carbocycles. The SMILES string of the molecule is O=[N+]([O-])c1ccc(Oc2ccc(S(=O)(=O)c3ccc(Oc4ccc([N+](=O)[O-])cc4[N+](=O)[O-])cc3)cc2)c([N+](=O)[O-])c1. The second-order valence-electron chi connectivity index (χ2n) is 7.98. The Hall–Kier alpha value is -5.97. The zero-order valence-electron chi connectivity index (χ0n) is 20.2. The zero-order chi connectivity index (χ0) is 29.9. The molecule has 41 heavy (non-hydrogen) atoms. The van der Waals surface area contributed by atoms with Crippen molar-refractivity contribution in [2.75, 3.05) is 0 Å². The Morgan fingerprint density at radius 3 is 1.12 bits per heavy atom. The van der Waals surface area contributed by atoms with Crippen LogP contribution in [0.15, 0.2) is 94.7 Å². The molecular weight excluding hydrogens is 568 g/mol. The Morgan fingerprint density at radius 1 is 0.488 bits per heavy atom. The molecule has 4 aromatic carbocycles. The van der Waals surface area contributed by atoms with Crippen molar-refractivity contribution in [2.45, 2.75) is 9.79 Å². The van der Waals surface area contributed by atoms with Gasteiger partial charge in [-0.3, -0.25) is 40.5 Å². The zero-order valence-corrected chi connectivity index (χ0v) is 21.0. The minimum Gasteiger partial charge on any atom is -0.450 e. The predicted molar refractivity (Wildman–Crippen MR) is 138 cm³/mol. The Kier molecular flexibility index (Phi) is 7.54. The summed E-state index contributed by atoms with van der Waals surface area (Å²) < 4.78 is 37.0. The molecule has 0 aliphatic rings. The van der Waals surface area contributed by atoms with E-state index in [1.807, 2.05) is 0 Å². The minimum atomic E-state index is -4.07. The number of nitro groups is 4. The van der Waals surface area contributed by atoms with Crippen LogP contribution in [-0.4, -0.2) is 28.1 Å². The average Bonchev–Trinajstić information content (AvgIpc) is 2.93. The summed E-state index contributed by atoms with van der Waals surface area (Å²) in [6.45, 7) is 0. The van der Waals surface area contributed by atoms with Crippen LogP contribution in [0.1, 0.15) is 0 Å². The van der Waals surface area contributed by atoms with E-state index in [4.69, 9.17) is 9.47 Å². The highest BCUT2D eigenvalue weighted by Crippen LogP contribution is 2.36. The summed E-state index contributed by atoms with van der Waals surface area (Å²) in [6, 6.07) is 15.3. The van der Waals surface area contributed by atoms with Crippen molar-refractivity contribution in [2.24, 2.45) is 0 Å². The fourth-order valence-electron chi connectivity index (χ4n) is 3.46. The highest BCUT2D eigenvalue weighted by Gasteiger charge is 2.24. The summed E-state index contributed by atoms with van der Waals surface area (Å²) in [5, 5.41) is 44.4. The molecule has 0 aromatic heterocycles. The first kappa shape index (κ1) is 28.0. The lowest BCUT2D eigenvalue weighted by Crippen LogP contribution is -2.02. The molecule has 0 radical (unpaired) electrons. The Balaban J connectivity index is 1.53. The van der Waals surface area contributed by atoms with Gasteiger partial charge in [0.05, 0.1) is 41.6 Å². The molecule has 0 atom stereocenters. The predicted octanol–water partition coefficient (Wildman–Crippen LogP) is 5.74. The van der Waals surface area contributed by atoms with E-state index in [0.29, 0.717) is 0 Å². The smallest absolute Gasteiger partial charge is 0.318 e. The normalized spacial score (nSPS) is 10.9. The third kappa shape index (κ3) is 6.04. The molecule has 0 unspecified atom stereocenters. The molecule has 0 N–H and O–H groups in total. The van der Waals surface area contributed by atoms with Crippen LogP contribution < -0.4 is 9.47 Å². The lowest BCUT2D eigenvalue weighted by atomic mass is 10.2. The van der Waals surface area contributed by atoms with E-state index in [9.17, 15) is 48.9 Å². The Labute approximate surface area is 228 Å². The number of nitrogens with zero attached hydrogens (tertiary/aromatic N) is 4. The highest BCUT2D eigenvalue weighted by atomic mass is 32.2. The van der Waals surface area contributed by atoms with Crippen LogP contribution in [0.2, 0.25) is 0 Å². The highest BCUT2D eigenvalue weighted by molar-refractivity contribution is 7.91. The minimum absolute atomic E-state index is 0.0225. The van der Waals surface area contributed by atoms with E-state index in [1.54, 1.807) is 0 Å². The molecule has 0 aliphatic heterocycles. The Bertz CT molecular complexity index is 1680. The number of rotatable bonds is 10. The topological polar surface area (TPSA) is 225 Å². The van der Waals surface area contributed by atoms with Crippen LogP contribution in [0.4, 0.5) is 22.7 Å². The van der Waals surface area contributed by atoms with Crippen LogP contribution in [-0.2, 0) is 9.84 Å². The molecule has 0 amide bonds. The lowest BCUT2D eigenvalue weighted by molar-refractivity contribution is -0.394. The summed E-state index contributed by atoms with van der Waals surface area (Å²) in [5.74, 6) is -0.538. The first-order valence-electron chi connectivity index (χ1n) is 11.0. The van der Waals surface area contributed by atoms with Gasteiger partial charge in [-0.05, 0) is 60.7 Å². The molecule has 16 nitrogen and oxygen atoms in total. The van der Waals surface area contributed by atoms with E-state index in [-0.39, 0.29) is 32.8 Å². The van der Waals surface area contributed by atoms with Gasteiger partial charge >= 0.3 is 11.4 Å². The van der Waals surface area contributed by atoms with Gasteiger partial charge in [0, 0.05) is 12.1 Å². The number of hydrogen-bond acceptors (Lipinski definition) is 12. The molecule has 0 saturated carbocycles. The van der Waals surface area contributed by atoms with Crippen molar-refractivity contribution in [1.82, 2.24) is 0 Å². The number of benzene rings is 4. The summed E-state index contributed by atoms with van der Waals surface area (Å²) in [4.78, 5) is 40.8. The van der Waals surface area contributed by atoms with Gasteiger partial charge in [0.2, 0.25) is 21.3 Å². The van der Waals surface area contributed by atoms with Crippen LogP contribution in [0.3, 0.4) is 0 Å². The van der Waals surface area contributed by atoms with Gasteiger partial charge in [-0.15, -0.1) is 0 Å². The van der Waals surface area contributed by atoms with E-state index in [0.717, 1.165) is 36.4 Å². The van der Waals surface area contributed by atoms with Gasteiger partial charge in [-0.1, -0.05) is 0 Å². The second kappa shape index (κ2) is 11.0. The maximum absolute atomic E-state index is 13.1. The van der Waals surface area contributed by atoms with Gasteiger partial charge in [0.25, 0.3) is 11.4 Å². The lowest BCUT2D eigenvalue weighted by Gasteiger charge is -2.09. The molecule has 0 heterocycles. The van der Waals surface area contributed by atoms with E-state index in [1.165, 1.54) is 48.5 Å². The summed E-state index contributed by atoms with van der Waals surface area (Å²) >= 11 is 0. The van der Waals surface area contributed by atoms with Crippen LogP contribution >= 0.6 is 0 Å². The van der Waals surface area contributed by atoms with E-state index < -0.39 is 52.3 Å². The molecule has 4 aromatic rings. The maximum Gasteiger partial charge on any atom is 0.318 e. The summed E-state index contributed by atoms with van der Waals surface area (Å²) in [5.41, 5.74) is -2.32. The number of non-ortho nitro benzene ring substituents is 2. The largest absolute Gasteiger partial charge is 0.450 e. The van der Waals surface area contributed by atoms with Gasteiger partial charge in [-0.25, -0.2) is 8.42 Å². The average molecular weight is 582 g/mol. The number of nitro benzene ring substituents is 4. The Morgan fingerprint density at radius 2 is 0.829 bits per heavy atom. The summed E-state index contributed by atoms with van der Waals surface area (Å²) in [6.07, 6.45) is 0. The van der Waals surface area contributed by atoms with Gasteiger partial charge in [0.1, 0.15) is 11.5 Å². The first-order chi connectivity index (χ1) is 19.4. The van der Waals surface area contributed by atoms with Gasteiger partial charge in [0.15, 0.2) is 0 Å². The molecule has 0 fully saturated rings. The fraction of sp³-hybridized carbons (Fsp3) is 0. The monoisotopic (exact) mass is 582 g/mol. The third-order valence-electron chi connectivity index (χ3n) is 5.42. The summed E-state index contributed by atoms with van der Waals surface area (Å²) in [7, 11) is -4.07. The van der Waals surface area contributed by atoms with Gasteiger partial charge in [-0.2, -0.15) is 0 Å². The quantitative estimate of drug-likeness (QED) is 0.161. The maximum atomic E-state index is 13.1. The van der Waals surface area contributed by atoms with Crippen molar-refractivity contribution in [1.29, 1.82) is 0 Å². The molecule has 208 valence electrons. The van der Waals surface area contributed by atoms with Gasteiger partial charge < -0.3 is 9.47 Å². The van der Waals surface area contributed by atoms with Crippen molar-refractivity contribution in [3.63, 3.8) is 0 Å². The standard InChI is InChI=1S/C24H14N4O12S/c29-25(30)15-1-11-23(21(13-15)27(33)34)39-17-3-7-19(8-4-17)41(37,38)20-9-5-18(6-10-20)40-24-12-2-16(26(31)32)14-22(24)28(35)36/h1-14H. The van der Waals surface area contributed by atoms with Crippen molar-refractivity contribution in [3.8, 4) is 23.0 Å². The third-order valence-corrected chi connectivity index (χ3v) is 7.21. The molecule has 4 rings (SSSR count). The van der Waals surface area contributed by atoms with Crippen molar-refractivity contribution >= 4 is 32.6 Å². The molecule has 17 heteroatoms. The molecule has 0 bridgehead atoms. The van der Waals surface area contributed by atoms with Crippen LogP contribution in [0.5, 0.6) is 23.0 Å². The first-order valence-corrected chi connectivity index (χ1v) is 12.5. The van der Waals surface area contributed by atoms with E-state index >= 15 is 0 Å². The fourth-order valence-corrected chi connectivity index (χ4v) is 4.72. The molecular formula is C24H14N4O12S. The van der Waals surface area contributed by atoms with Crippen molar-refractivity contribution < 1.29 is 37.6 Å². The second-order valence-corrected chi connectivity index (χ2v) is 9.93.